The molecule has 3 aromatic rings. The van der Waals surface area contributed by atoms with Crippen LogP contribution < -0.4 is 11.1 Å². The molecule has 1 aliphatic heterocycles. The lowest BCUT2D eigenvalue weighted by molar-refractivity contribution is -0.0432. The SMILES string of the molecule is CC(Nc1ncnc2c1ncn2[C@H]1C[C@H](O)[C@@H](CO)O1)c1ccc(C#CCN)cc1. The van der Waals surface area contributed by atoms with Crippen LogP contribution in [0.5, 0.6) is 0 Å². The number of imidazole rings is 1. The van der Waals surface area contributed by atoms with Crippen LogP contribution in [-0.4, -0.2) is 55.1 Å². The van der Waals surface area contributed by atoms with Crippen molar-refractivity contribution in [3.63, 3.8) is 0 Å². The summed E-state index contributed by atoms with van der Waals surface area (Å²) in [4.78, 5) is 13.1. The van der Waals surface area contributed by atoms with Crippen LogP contribution in [0.4, 0.5) is 5.82 Å². The zero-order valence-electron chi connectivity index (χ0n) is 16.6. The lowest BCUT2D eigenvalue weighted by Gasteiger charge is -2.16. The van der Waals surface area contributed by atoms with Crippen molar-refractivity contribution in [2.24, 2.45) is 5.73 Å². The lowest BCUT2D eigenvalue weighted by Crippen LogP contribution is -2.24. The van der Waals surface area contributed by atoms with Gasteiger partial charge in [0.25, 0.3) is 0 Å². The van der Waals surface area contributed by atoms with Crippen molar-refractivity contribution in [3.05, 3.63) is 48.0 Å². The van der Waals surface area contributed by atoms with Gasteiger partial charge in [-0.1, -0.05) is 24.0 Å². The first-order chi connectivity index (χ1) is 14.6. The number of aliphatic hydroxyl groups excluding tert-OH is 2. The molecule has 1 aromatic carbocycles. The summed E-state index contributed by atoms with van der Waals surface area (Å²) in [6.07, 6.45) is 1.68. The van der Waals surface area contributed by atoms with Crippen LogP contribution in [0.15, 0.2) is 36.9 Å². The second-order valence-corrected chi connectivity index (χ2v) is 7.16. The van der Waals surface area contributed by atoms with Crippen molar-refractivity contribution in [2.75, 3.05) is 18.5 Å². The summed E-state index contributed by atoms with van der Waals surface area (Å²) in [5.74, 6) is 6.46. The molecule has 3 heterocycles. The normalized spacial score (nSPS) is 21.9. The molecule has 0 spiro atoms. The average molecular weight is 408 g/mol. The molecular weight excluding hydrogens is 384 g/mol. The predicted molar refractivity (Wildman–Crippen MR) is 111 cm³/mol. The number of aromatic nitrogens is 4. The van der Waals surface area contributed by atoms with E-state index in [1.807, 2.05) is 31.2 Å². The molecule has 1 saturated heterocycles. The van der Waals surface area contributed by atoms with Gasteiger partial charge < -0.3 is 26.0 Å². The molecule has 0 amide bonds. The minimum atomic E-state index is -0.727. The molecular formula is C21H24N6O3. The first kappa shape index (κ1) is 20.3. The maximum absolute atomic E-state index is 10.0. The van der Waals surface area contributed by atoms with Crippen LogP contribution in [0.3, 0.4) is 0 Å². The Balaban J connectivity index is 1.54. The van der Waals surface area contributed by atoms with E-state index < -0.39 is 18.4 Å². The van der Waals surface area contributed by atoms with Gasteiger partial charge in [-0.25, -0.2) is 15.0 Å². The van der Waals surface area contributed by atoms with Gasteiger partial charge in [-0.15, -0.1) is 0 Å². The second kappa shape index (κ2) is 8.77. The first-order valence-corrected chi connectivity index (χ1v) is 9.78. The van der Waals surface area contributed by atoms with Gasteiger partial charge in [-0.05, 0) is 24.6 Å². The van der Waals surface area contributed by atoms with Gasteiger partial charge in [0.2, 0.25) is 0 Å². The van der Waals surface area contributed by atoms with Crippen molar-refractivity contribution in [1.82, 2.24) is 19.5 Å². The van der Waals surface area contributed by atoms with Gasteiger partial charge in [-0.3, -0.25) is 4.57 Å². The van der Waals surface area contributed by atoms with E-state index in [1.165, 1.54) is 6.33 Å². The summed E-state index contributed by atoms with van der Waals surface area (Å²) >= 11 is 0. The monoisotopic (exact) mass is 408 g/mol. The minimum absolute atomic E-state index is 0.0203. The van der Waals surface area contributed by atoms with E-state index in [0.29, 0.717) is 29.9 Å². The largest absolute Gasteiger partial charge is 0.394 e. The molecule has 0 bridgehead atoms. The number of anilines is 1. The number of nitrogens with two attached hydrogens (primary N) is 1. The van der Waals surface area contributed by atoms with E-state index in [0.717, 1.165) is 11.1 Å². The number of rotatable bonds is 5. The molecule has 1 aliphatic rings. The highest BCUT2D eigenvalue weighted by molar-refractivity contribution is 5.82. The fourth-order valence-electron chi connectivity index (χ4n) is 3.52. The number of hydrogen-bond acceptors (Lipinski definition) is 8. The Labute approximate surface area is 173 Å². The maximum Gasteiger partial charge on any atom is 0.167 e. The summed E-state index contributed by atoms with van der Waals surface area (Å²) < 4.78 is 7.49. The number of benzene rings is 1. The second-order valence-electron chi connectivity index (χ2n) is 7.16. The third-order valence-corrected chi connectivity index (χ3v) is 5.15. The minimum Gasteiger partial charge on any atom is -0.394 e. The highest BCUT2D eigenvalue weighted by Gasteiger charge is 2.35. The summed E-state index contributed by atoms with van der Waals surface area (Å²) in [6.45, 7) is 2.13. The molecule has 0 saturated carbocycles. The van der Waals surface area contributed by atoms with Crippen molar-refractivity contribution >= 4 is 17.0 Å². The fourth-order valence-corrected chi connectivity index (χ4v) is 3.52. The number of hydrogen-bond donors (Lipinski definition) is 4. The number of nitrogens with one attached hydrogen (secondary N) is 1. The van der Waals surface area contributed by atoms with E-state index in [9.17, 15) is 10.2 Å². The molecule has 2 aromatic heterocycles. The summed E-state index contributed by atoms with van der Waals surface area (Å²) in [7, 11) is 0. The number of nitrogens with zero attached hydrogens (tertiary/aromatic N) is 4. The molecule has 0 aliphatic carbocycles. The molecule has 4 rings (SSSR count). The molecule has 156 valence electrons. The molecule has 9 heteroatoms. The molecule has 1 fully saturated rings. The molecule has 9 nitrogen and oxygen atoms in total. The molecule has 4 atom stereocenters. The standard InChI is InChI=1S/C21H24N6O3/c1-13(15-6-4-14(5-7-15)3-2-8-22)26-20-19-21(24-11-23-20)27(12-25-19)18-9-16(29)17(10-28)30-18/h4-7,11-13,16-18,28-29H,8-10,22H2,1H3,(H,23,24,26)/t13?,16-,17+,18+/m0/s1. The van der Waals surface area contributed by atoms with Crippen LogP contribution in [0.1, 0.15) is 36.7 Å². The predicted octanol–water partition coefficient (Wildman–Crippen LogP) is 0.950. The van der Waals surface area contributed by atoms with Gasteiger partial charge in [0.15, 0.2) is 17.0 Å². The Hall–Kier alpha value is -3.03. The van der Waals surface area contributed by atoms with E-state index in [2.05, 4.69) is 32.1 Å². The zero-order valence-corrected chi connectivity index (χ0v) is 16.6. The van der Waals surface area contributed by atoms with Crippen molar-refractivity contribution in [1.29, 1.82) is 0 Å². The fraction of sp³-hybridized carbons (Fsp3) is 0.381. The number of ether oxygens (including phenoxy) is 1. The van der Waals surface area contributed by atoms with E-state index in [1.54, 1.807) is 10.9 Å². The van der Waals surface area contributed by atoms with E-state index in [-0.39, 0.29) is 12.6 Å². The Morgan fingerprint density at radius 3 is 2.80 bits per heavy atom. The Morgan fingerprint density at radius 2 is 2.10 bits per heavy atom. The third kappa shape index (κ3) is 3.99. The smallest absolute Gasteiger partial charge is 0.167 e. The van der Waals surface area contributed by atoms with Crippen LogP contribution in [-0.2, 0) is 4.74 Å². The van der Waals surface area contributed by atoms with Gasteiger partial charge in [0, 0.05) is 12.0 Å². The van der Waals surface area contributed by atoms with Crippen LogP contribution in [0.25, 0.3) is 11.2 Å². The number of aliphatic hydroxyl groups is 2. The van der Waals surface area contributed by atoms with Crippen molar-refractivity contribution in [2.45, 2.75) is 37.8 Å². The zero-order chi connectivity index (χ0) is 21.1. The first-order valence-electron chi connectivity index (χ1n) is 9.78. The Bertz CT molecular complexity index is 1070. The molecule has 1 unspecified atom stereocenters. The third-order valence-electron chi connectivity index (χ3n) is 5.15. The highest BCUT2D eigenvalue weighted by Crippen LogP contribution is 2.32. The lowest BCUT2D eigenvalue weighted by atomic mass is 10.1. The Kier molecular flexibility index (Phi) is 5.92. The highest BCUT2D eigenvalue weighted by atomic mass is 16.5. The quantitative estimate of drug-likeness (QED) is 0.459. The van der Waals surface area contributed by atoms with E-state index >= 15 is 0 Å². The van der Waals surface area contributed by atoms with Crippen molar-refractivity contribution < 1.29 is 14.9 Å². The van der Waals surface area contributed by atoms with Gasteiger partial charge in [0.05, 0.1) is 31.6 Å². The summed E-state index contributed by atoms with van der Waals surface area (Å²) in [5, 5.41) is 22.7. The number of fused-ring (bicyclic) bond motifs is 1. The molecule has 0 radical (unpaired) electrons. The Morgan fingerprint density at radius 1 is 1.30 bits per heavy atom. The van der Waals surface area contributed by atoms with Crippen molar-refractivity contribution in [3.8, 4) is 11.8 Å². The van der Waals surface area contributed by atoms with Crippen LogP contribution in [0.2, 0.25) is 0 Å². The molecule has 30 heavy (non-hydrogen) atoms. The van der Waals surface area contributed by atoms with Gasteiger partial charge in [0.1, 0.15) is 18.7 Å². The van der Waals surface area contributed by atoms with Gasteiger partial charge in [-0.2, -0.15) is 0 Å². The van der Waals surface area contributed by atoms with E-state index in [4.69, 9.17) is 10.5 Å². The topological polar surface area (TPSA) is 131 Å². The summed E-state index contributed by atoms with van der Waals surface area (Å²) in [6, 6.07) is 7.92. The maximum atomic E-state index is 10.0. The van der Waals surface area contributed by atoms with Gasteiger partial charge >= 0.3 is 0 Å². The summed E-state index contributed by atoms with van der Waals surface area (Å²) in [5.41, 5.74) is 8.62. The van der Waals surface area contributed by atoms with Crippen LogP contribution >= 0.6 is 0 Å². The average Bonchev–Trinajstić information content (AvgIpc) is 3.36. The van der Waals surface area contributed by atoms with Crippen LogP contribution in [0, 0.1) is 11.8 Å². The molecule has 5 N–H and O–H groups in total.